The highest BCUT2D eigenvalue weighted by atomic mass is 16.4. The van der Waals surface area contributed by atoms with Gasteiger partial charge in [0, 0.05) is 19.2 Å². The third-order valence-corrected chi connectivity index (χ3v) is 4.71. The Labute approximate surface area is 169 Å². The maximum Gasteiger partial charge on any atom is 0.349 e. The zero-order chi connectivity index (χ0) is 20.6. The van der Waals surface area contributed by atoms with Gasteiger partial charge in [0.05, 0.1) is 12.2 Å². The van der Waals surface area contributed by atoms with E-state index in [1.807, 2.05) is 30.3 Å². The molecule has 0 spiro atoms. The third kappa shape index (κ3) is 5.62. The maximum absolute atomic E-state index is 12.5. The summed E-state index contributed by atoms with van der Waals surface area (Å²) in [5, 5.41) is 2.73. The van der Waals surface area contributed by atoms with Gasteiger partial charge in [-0.25, -0.2) is 4.79 Å². The van der Waals surface area contributed by atoms with Crippen LogP contribution in [0.3, 0.4) is 0 Å². The molecule has 0 fully saturated rings. The third-order valence-electron chi connectivity index (χ3n) is 4.71. The Morgan fingerprint density at radius 3 is 2.62 bits per heavy atom. The van der Waals surface area contributed by atoms with Crippen LogP contribution < -0.4 is 16.7 Å². The fourth-order valence-electron chi connectivity index (χ4n) is 3.19. The molecule has 1 amide bonds. The van der Waals surface area contributed by atoms with Crippen LogP contribution in [-0.4, -0.2) is 10.9 Å². The van der Waals surface area contributed by atoms with Crippen LogP contribution >= 0.6 is 0 Å². The highest BCUT2D eigenvalue weighted by molar-refractivity contribution is 5.95. The van der Waals surface area contributed by atoms with E-state index in [9.17, 15) is 9.59 Å². The summed E-state index contributed by atoms with van der Waals surface area (Å²) >= 11 is 0. The molecule has 29 heavy (non-hydrogen) atoms. The SMILES string of the molecule is Cc1cc(CCCc2ccccc2)oc(=O)c1C(=O)NCc1cc(CN)ccn1. The van der Waals surface area contributed by atoms with Crippen LogP contribution in [0.4, 0.5) is 0 Å². The molecule has 3 N–H and O–H groups in total. The van der Waals surface area contributed by atoms with Gasteiger partial charge in [-0.05, 0) is 54.7 Å². The predicted molar refractivity (Wildman–Crippen MR) is 111 cm³/mol. The fraction of sp³-hybridized carbons (Fsp3) is 0.261. The Hall–Kier alpha value is -3.25. The zero-order valence-electron chi connectivity index (χ0n) is 16.5. The number of carbonyl (C=O) groups excluding carboxylic acids is 1. The highest BCUT2D eigenvalue weighted by Gasteiger charge is 2.17. The van der Waals surface area contributed by atoms with Gasteiger partial charge in [0.15, 0.2) is 0 Å². The summed E-state index contributed by atoms with van der Waals surface area (Å²) in [4.78, 5) is 29.1. The lowest BCUT2D eigenvalue weighted by atomic mass is 10.1. The van der Waals surface area contributed by atoms with Crippen LogP contribution in [0.15, 0.2) is 63.9 Å². The molecule has 2 heterocycles. The molecule has 6 heteroatoms. The van der Waals surface area contributed by atoms with Crippen molar-refractivity contribution in [3.8, 4) is 0 Å². The number of amides is 1. The topological polar surface area (TPSA) is 98.2 Å². The predicted octanol–water partition coefficient (Wildman–Crippen LogP) is 2.91. The van der Waals surface area contributed by atoms with Gasteiger partial charge < -0.3 is 15.5 Å². The molecule has 3 rings (SSSR count). The first-order valence-electron chi connectivity index (χ1n) is 9.66. The Morgan fingerprint density at radius 2 is 1.90 bits per heavy atom. The summed E-state index contributed by atoms with van der Waals surface area (Å²) < 4.78 is 5.39. The first-order chi connectivity index (χ1) is 14.1. The van der Waals surface area contributed by atoms with Crippen LogP contribution in [0.2, 0.25) is 0 Å². The number of carbonyl (C=O) groups is 1. The average molecular weight is 391 g/mol. The van der Waals surface area contributed by atoms with Crippen LogP contribution in [-0.2, 0) is 25.9 Å². The first kappa shape index (κ1) is 20.5. The number of hydrogen-bond acceptors (Lipinski definition) is 5. The van der Waals surface area contributed by atoms with E-state index >= 15 is 0 Å². The molecule has 0 aliphatic carbocycles. The van der Waals surface area contributed by atoms with Gasteiger partial charge in [0.25, 0.3) is 5.91 Å². The number of aryl methyl sites for hydroxylation is 3. The molecule has 0 radical (unpaired) electrons. The van der Waals surface area contributed by atoms with Crippen molar-refractivity contribution >= 4 is 5.91 Å². The van der Waals surface area contributed by atoms with E-state index in [-0.39, 0.29) is 12.1 Å². The van der Waals surface area contributed by atoms with E-state index in [1.54, 1.807) is 19.2 Å². The van der Waals surface area contributed by atoms with Crippen LogP contribution in [0.1, 0.15) is 44.9 Å². The minimum Gasteiger partial charge on any atom is -0.427 e. The average Bonchev–Trinajstić information content (AvgIpc) is 2.73. The molecule has 0 saturated carbocycles. The van der Waals surface area contributed by atoms with E-state index in [1.165, 1.54) is 5.56 Å². The van der Waals surface area contributed by atoms with Gasteiger partial charge in [0.1, 0.15) is 11.3 Å². The largest absolute Gasteiger partial charge is 0.427 e. The van der Waals surface area contributed by atoms with Crippen LogP contribution in [0.5, 0.6) is 0 Å². The van der Waals surface area contributed by atoms with Crippen molar-refractivity contribution in [2.45, 2.75) is 39.3 Å². The van der Waals surface area contributed by atoms with Gasteiger partial charge in [0.2, 0.25) is 0 Å². The number of benzene rings is 1. The summed E-state index contributed by atoms with van der Waals surface area (Å²) in [7, 11) is 0. The van der Waals surface area contributed by atoms with Crippen LogP contribution in [0.25, 0.3) is 0 Å². The molecule has 0 saturated heterocycles. The monoisotopic (exact) mass is 391 g/mol. The highest BCUT2D eigenvalue weighted by Crippen LogP contribution is 2.11. The Morgan fingerprint density at radius 1 is 1.10 bits per heavy atom. The molecule has 1 aromatic carbocycles. The number of nitrogens with zero attached hydrogens (tertiary/aromatic N) is 1. The van der Waals surface area contributed by atoms with Crippen molar-refractivity contribution < 1.29 is 9.21 Å². The molecule has 3 aromatic rings. The summed E-state index contributed by atoms with van der Waals surface area (Å²) in [5.41, 5.74) is 8.51. The van der Waals surface area contributed by atoms with Crippen molar-refractivity contribution in [2.75, 3.05) is 0 Å². The van der Waals surface area contributed by atoms with E-state index in [0.29, 0.717) is 30.0 Å². The first-order valence-corrected chi connectivity index (χ1v) is 9.66. The van der Waals surface area contributed by atoms with E-state index in [2.05, 4.69) is 22.4 Å². The molecule has 6 nitrogen and oxygen atoms in total. The van der Waals surface area contributed by atoms with Crippen molar-refractivity contribution in [2.24, 2.45) is 5.73 Å². The Balaban J connectivity index is 1.62. The molecular formula is C23H25N3O3. The Bertz CT molecular complexity index is 1030. The summed E-state index contributed by atoms with van der Waals surface area (Å²) in [6.45, 7) is 2.36. The molecular weight excluding hydrogens is 366 g/mol. The van der Waals surface area contributed by atoms with Crippen molar-refractivity contribution in [3.05, 3.63) is 98.9 Å². The molecule has 150 valence electrons. The molecule has 0 bridgehead atoms. The minimum atomic E-state index is -0.610. The molecule has 0 aliphatic heterocycles. The van der Waals surface area contributed by atoms with Gasteiger partial charge >= 0.3 is 5.63 Å². The standard InChI is InChI=1S/C23H25N3O3/c1-16-12-20(9-5-8-17-6-3-2-4-7-17)29-23(28)21(16)22(27)26-15-19-13-18(14-24)10-11-25-19/h2-4,6-7,10-13H,5,8-9,14-15,24H2,1H3,(H,26,27). The van der Waals surface area contributed by atoms with Crippen molar-refractivity contribution in [3.63, 3.8) is 0 Å². The molecule has 0 unspecified atom stereocenters. The normalized spacial score (nSPS) is 10.7. The summed E-state index contributed by atoms with van der Waals surface area (Å²) in [5.74, 6) is 0.129. The maximum atomic E-state index is 12.5. The van der Waals surface area contributed by atoms with E-state index < -0.39 is 11.5 Å². The lowest BCUT2D eigenvalue weighted by Crippen LogP contribution is -2.29. The van der Waals surface area contributed by atoms with Gasteiger partial charge in [-0.2, -0.15) is 0 Å². The lowest BCUT2D eigenvalue weighted by Gasteiger charge is -2.09. The van der Waals surface area contributed by atoms with E-state index in [0.717, 1.165) is 18.4 Å². The van der Waals surface area contributed by atoms with Crippen molar-refractivity contribution in [1.82, 2.24) is 10.3 Å². The number of nitrogens with two attached hydrogens (primary N) is 1. The molecule has 0 aliphatic rings. The van der Waals surface area contributed by atoms with E-state index in [4.69, 9.17) is 10.2 Å². The molecule has 0 atom stereocenters. The van der Waals surface area contributed by atoms with Gasteiger partial charge in [-0.1, -0.05) is 30.3 Å². The quantitative estimate of drug-likeness (QED) is 0.615. The number of pyridine rings is 1. The fourth-order valence-corrected chi connectivity index (χ4v) is 3.19. The second-order valence-electron chi connectivity index (χ2n) is 6.94. The number of rotatable bonds is 8. The Kier molecular flexibility index (Phi) is 6.92. The number of aromatic nitrogens is 1. The number of hydrogen-bond donors (Lipinski definition) is 2. The van der Waals surface area contributed by atoms with Crippen molar-refractivity contribution in [1.29, 1.82) is 0 Å². The smallest absolute Gasteiger partial charge is 0.349 e. The second-order valence-corrected chi connectivity index (χ2v) is 6.94. The second kappa shape index (κ2) is 9.80. The van der Waals surface area contributed by atoms with Crippen LogP contribution in [0, 0.1) is 6.92 Å². The number of nitrogens with one attached hydrogen (secondary N) is 1. The zero-order valence-corrected chi connectivity index (χ0v) is 16.5. The minimum absolute atomic E-state index is 0.0341. The van der Waals surface area contributed by atoms with Gasteiger partial charge in [-0.3, -0.25) is 9.78 Å². The van der Waals surface area contributed by atoms with Gasteiger partial charge in [-0.15, -0.1) is 0 Å². The molecule has 2 aromatic heterocycles. The lowest BCUT2D eigenvalue weighted by molar-refractivity contribution is 0.0945. The summed E-state index contributed by atoms with van der Waals surface area (Å²) in [6, 6.07) is 15.6. The summed E-state index contributed by atoms with van der Waals surface area (Å²) in [6.07, 6.45) is 4.05.